The van der Waals surface area contributed by atoms with Crippen LogP contribution >= 0.6 is 0 Å². The van der Waals surface area contributed by atoms with E-state index in [1.165, 1.54) is 0 Å². The van der Waals surface area contributed by atoms with Crippen LogP contribution in [0.4, 0.5) is 0 Å². The smallest absolute Gasteiger partial charge is 0.321 e. The van der Waals surface area contributed by atoms with Crippen LogP contribution in [0.1, 0.15) is 26.7 Å². The van der Waals surface area contributed by atoms with Crippen molar-refractivity contribution in [3.05, 3.63) is 0 Å². The van der Waals surface area contributed by atoms with Crippen LogP contribution in [0, 0.1) is 5.41 Å². The molecule has 2 N–H and O–H groups in total. The van der Waals surface area contributed by atoms with Gasteiger partial charge in [-0.3, -0.25) is 9.59 Å². The van der Waals surface area contributed by atoms with E-state index in [1.807, 2.05) is 0 Å². The number of hydrogen-bond donors (Lipinski definition) is 2. The topological polar surface area (TPSA) is 74.6 Å². The number of aliphatic carboxylic acids is 2. The number of carbonyl (C=O) groups is 2. The monoisotopic (exact) mass is 186 g/mol. The van der Waals surface area contributed by atoms with Gasteiger partial charge in [0.25, 0.3) is 0 Å². The van der Waals surface area contributed by atoms with E-state index in [1.54, 1.807) is 13.8 Å². The number of carboxylic acid groups (broad SMARTS) is 2. The Morgan fingerprint density at radius 1 is 1.08 bits per heavy atom. The third-order valence-electron chi connectivity index (χ3n) is 2.03. The maximum atomic E-state index is 10.5. The van der Waals surface area contributed by atoms with E-state index in [2.05, 4.69) is 0 Å². The minimum absolute atomic E-state index is 0. The Kier molecular flexibility index (Phi) is 6.37. The molecule has 0 amide bonds. The van der Waals surface area contributed by atoms with Crippen LogP contribution < -0.4 is 0 Å². The van der Waals surface area contributed by atoms with Gasteiger partial charge in [-0.05, 0) is 12.8 Å². The highest BCUT2D eigenvalue weighted by atomic mass is 24.3. The number of rotatable bonds is 4. The van der Waals surface area contributed by atoms with Crippen LogP contribution in [0.3, 0.4) is 0 Å². The van der Waals surface area contributed by atoms with Gasteiger partial charge in [-0.25, -0.2) is 0 Å². The Hall–Kier alpha value is -0.294. The molecule has 12 heavy (non-hydrogen) atoms. The van der Waals surface area contributed by atoms with E-state index in [0.717, 1.165) is 0 Å². The number of carboxylic acids is 2. The van der Waals surface area contributed by atoms with E-state index >= 15 is 0 Å². The van der Waals surface area contributed by atoms with Crippen molar-refractivity contribution in [3.63, 3.8) is 0 Å². The first-order valence-electron chi connectivity index (χ1n) is 3.48. The van der Waals surface area contributed by atoms with Crippen molar-refractivity contribution in [2.75, 3.05) is 0 Å². The van der Waals surface area contributed by atoms with Gasteiger partial charge in [0.15, 0.2) is 5.41 Å². The molecule has 0 aromatic carbocycles. The molecule has 0 saturated carbocycles. The van der Waals surface area contributed by atoms with Crippen LogP contribution in [-0.4, -0.2) is 45.2 Å². The summed E-state index contributed by atoms with van der Waals surface area (Å²) >= 11 is 0. The molecule has 0 unspecified atom stereocenters. The molecule has 0 aliphatic carbocycles. The molecule has 0 rings (SSSR count). The molecular weight excluding hydrogens is 172 g/mol. The highest BCUT2D eigenvalue weighted by molar-refractivity contribution is 5.98. The summed E-state index contributed by atoms with van der Waals surface area (Å²) in [7, 11) is 0. The SMILES string of the molecule is CCC(CC)(C(=O)O)C(=O)O.[MgH2]. The summed E-state index contributed by atoms with van der Waals surface area (Å²) < 4.78 is 0. The first-order chi connectivity index (χ1) is 5.01. The van der Waals surface area contributed by atoms with Crippen molar-refractivity contribution in [1.82, 2.24) is 0 Å². The predicted molar refractivity (Wildman–Crippen MR) is 46.8 cm³/mol. The predicted octanol–water partition coefficient (Wildman–Crippen LogP) is 0.0458. The Balaban J connectivity index is 0. The van der Waals surface area contributed by atoms with E-state index in [-0.39, 0.29) is 35.9 Å². The van der Waals surface area contributed by atoms with Crippen molar-refractivity contribution in [2.24, 2.45) is 5.41 Å². The lowest BCUT2D eigenvalue weighted by molar-refractivity contribution is -0.165. The van der Waals surface area contributed by atoms with E-state index in [9.17, 15) is 9.59 Å². The average Bonchev–Trinajstić information content (AvgIpc) is 1.90. The Labute approximate surface area is 87.1 Å². The van der Waals surface area contributed by atoms with E-state index in [4.69, 9.17) is 10.2 Å². The zero-order valence-electron chi connectivity index (χ0n) is 6.63. The highest BCUT2D eigenvalue weighted by Gasteiger charge is 2.42. The van der Waals surface area contributed by atoms with Crippen molar-refractivity contribution >= 4 is 35.0 Å². The molecule has 0 radical (unpaired) electrons. The summed E-state index contributed by atoms with van der Waals surface area (Å²) in [6.45, 7) is 3.12. The fourth-order valence-electron chi connectivity index (χ4n) is 0.946. The first kappa shape index (κ1) is 14.2. The van der Waals surface area contributed by atoms with Gasteiger partial charge >= 0.3 is 35.0 Å². The molecule has 4 nitrogen and oxygen atoms in total. The van der Waals surface area contributed by atoms with Gasteiger partial charge in [0.05, 0.1) is 0 Å². The quantitative estimate of drug-likeness (QED) is 0.480. The first-order valence-corrected chi connectivity index (χ1v) is 3.48. The second-order valence-corrected chi connectivity index (χ2v) is 2.40. The zero-order valence-corrected chi connectivity index (χ0v) is 6.63. The molecule has 0 fully saturated rings. The van der Waals surface area contributed by atoms with Crippen molar-refractivity contribution < 1.29 is 19.8 Å². The van der Waals surface area contributed by atoms with Gasteiger partial charge in [0, 0.05) is 0 Å². The molecule has 0 aromatic heterocycles. The molecule has 0 heterocycles. The van der Waals surface area contributed by atoms with E-state index in [0.29, 0.717) is 0 Å². The third-order valence-corrected chi connectivity index (χ3v) is 2.03. The summed E-state index contributed by atoms with van der Waals surface area (Å²) in [5.41, 5.74) is -1.58. The Morgan fingerprint density at radius 2 is 1.33 bits per heavy atom. The molecular formula is C7H14MgO4. The van der Waals surface area contributed by atoms with Crippen molar-refractivity contribution in [3.8, 4) is 0 Å². The summed E-state index contributed by atoms with van der Waals surface area (Å²) in [6, 6.07) is 0. The maximum Gasteiger partial charge on any atom is 0.321 e. The second kappa shape index (κ2) is 5.37. The molecule has 0 bridgehead atoms. The highest BCUT2D eigenvalue weighted by Crippen LogP contribution is 2.26. The summed E-state index contributed by atoms with van der Waals surface area (Å²) in [5.74, 6) is -2.51. The van der Waals surface area contributed by atoms with Gasteiger partial charge in [0.2, 0.25) is 0 Å². The second-order valence-electron chi connectivity index (χ2n) is 2.40. The maximum absolute atomic E-state index is 10.5. The fourth-order valence-corrected chi connectivity index (χ4v) is 0.946. The lowest BCUT2D eigenvalue weighted by atomic mass is 9.83. The minimum Gasteiger partial charge on any atom is -0.480 e. The molecule has 68 valence electrons. The third kappa shape index (κ3) is 2.35. The summed E-state index contributed by atoms with van der Waals surface area (Å²) in [6.07, 6.45) is 0.238. The van der Waals surface area contributed by atoms with Crippen molar-refractivity contribution in [2.45, 2.75) is 26.7 Å². The van der Waals surface area contributed by atoms with E-state index < -0.39 is 17.4 Å². The fraction of sp³-hybridized carbons (Fsp3) is 0.714. The molecule has 0 spiro atoms. The van der Waals surface area contributed by atoms with Crippen LogP contribution in [0.5, 0.6) is 0 Å². The minimum atomic E-state index is -1.58. The average molecular weight is 186 g/mol. The van der Waals surface area contributed by atoms with Crippen LogP contribution in [-0.2, 0) is 9.59 Å². The molecule has 5 heteroatoms. The van der Waals surface area contributed by atoms with Gasteiger partial charge in [-0.1, -0.05) is 13.8 Å². The molecule has 0 saturated heterocycles. The largest absolute Gasteiger partial charge is 0.480 e. The molecule has 0 aliphatic heterocycles. The van der Waals surface area contributed by atoms with Crippen LogP contribution in [0.25, 0.3) is 0 Å². The van der Waals surface area contributed by atoms with Crippen LogP contribution in [0.2, 0.25) is 0 Å². The summed E-state index contributed by atoms with van der Waals surface area (Å²) in [5, 5.41) is 17.2. The van der Waals surface area contributed by atoms with Gasteiger partial charge in [0.1, 0.15) is 0 Å². The molecule has 0 atom stereocenters. The standard InChI is InChI=1S/C7H12O4.Mg.2H/c1-3-7(4-2,5(8)9)6(10)11;;;/h3-4H2,1-2H3,(H,8,9)(H,10,11);;;. The molecule has 0 aliphatic rings. The van der Waals surface area contributed by atoms with Crippen LogP contribution in [0.15, 0.2) is 0 Å². The normalized spacial score (nSPS) is 10.2. The Bertz CT molecular complexity index is 158. The lowest BCUT2D eigenvalue weighted by Gasteiger charge is -2.20. The summed E-state index contributed by atoms with van der Waals surface area (Å²) in [4.78, 5) is 21.1. The van der Waals surface area contributed by atoms with Crippen molar-refractivity contribution in [1.29, 1.82) is 0 Å². The van der Waals surface area contributed by atoms with Gasteiger partial charge in [-0.15, -0.1) is 0 Å². The zero-order chi connectivity index (χ0) is 9.07. The number of hydrogen-bond acceptors (Lipinski definition) is 2. The molecule has 0 aromatic rings. The van der Waals surface area contributed by atoms with Gasteiger partial charge in [-0.2, -0.15) is 0 Å². The lowest BCUT2D eigenvalue weighted by Crippen LogP contribution is -2.38. The Morgan fingerprint density at radius 3 is 1.33 bits per heavy atom. The van der Waals surface area contributed by atoms with Gasteiger partial charge < -0.3 is 10.2 Å².